The van der Waals surface area contributed by atoms with E-state index in [1.807, 2.05) is 0 Å². The quantitative estimate of drug-likeness (QED) is 0.0222. The lowest BCUT2D eigenvalue weighted by molar-refractivity contribution is -0.161. The fourth-order valence-corrected chi connectivity index (χ4v) is 14.6. The number of esters is 4. The van der Waals surface area contributed by atoms with E-state index < -0.39 is 97.5 Å². The summed E-state index contributed by atoms with van der Waals surface area (Å²) in [5.41, 5.74) is 0. The van der Waals surface area contributed by atoms with Crippen molar-refractivity contribution < 1.29 is 80.2 Å². The van der Waals surface area contributed by atoms with Crippen LogP contribution >= 0.6 is 15.6 Å². The molecule has 0 saturated carbocycles. The van der Waals surface area contributed by atoms with Gasteiger partial charge in [0.1, 0.15) is 19.3 Å². The number of rotatable bonds is 83. The molecule has 0 rings (SSSR count). The highest BCUT2D eigenvalue weighted by atomic mass is 31.2. The highest BCUT2D eigenvalue weighted by Crippen LogP contribution is 2.45. The standard InChI is InChI=1S/C84H164O17P2/c1-7-9-11-13-15-17-19-20-21-22-23-24-27-33-38-44-50-56-62-68-83(88)101-80(73-95-82(87)67-61-55-49-43-37-32-28-25-26-30-35-40-46-52-58-64-76(3)4)75-99-103(92,93)97-71-78(85)70-96-102(90,91)98-74-79(72-94-81(86)66-60-54-48-42-18-16-14-12-10-8-2)100-84(89)69-63-57-51-45-39-34-29-31-36-41-47-53-59-65-77(5)6/h76-80,85H,7-75H2,1-6H3,(H,90,91)(H,92,93)/t78-,79+,80+/m0/s1. The van der Waals surface area contributed by atoms with Crippen molar-refractivity contribution in [2.24, 2.45) is 11.8 Å². The Bertz CT molecular complexity index is 1980. The van der Waals surface area contributed by atoms with E-state index in [4.69, 9.17) is 37.0 Å². The molecule has 0 radical (unpaired) electrons. The summed E-state index contributed by atoms with van der Waals surface area (Å²) in [5.74, 6) is -0.511. The van der Waals surface area contributed by atoms with Gasteiger partial charge in [-0.05, 0) is 37.5 Å². The first-order chi connectivity index (χ1) is 49.9. The number of unbranched alkanes of at least 4 members (excludes halogenated alkanes) is 53. The number of aliphatic hydroxyl groups excluding tert-OH is 1. The summed E-state index contributed by atoms with van der Waals surface area (Å²) >= 11 is 0. The van der Waals surface area contributed by atoms with Crippen molar-refractivity contribution in [1.29, 1.82) is 0 Å². The Kier molecular flexibility index (Phi) is 74.1. The molecule has 103 heavy (non-hydrogen) atoms. The molecule has 0 aliphatic heterocycles. The zero-order valence-corrected chi connectivity index (χ0v) is 69.4. The van der Waals surface area contributed by atoms with Gasteiger partial charge in [-0.25, -0.2) is 9.13 Å². The van der Waals surface area contributed by atoms with E-state index in [9.17, 15) is 43.2 Å². The first-order valence-corrected chi connectivity index (χ1v) is 46.5. The van der Waals surface area contributed by atoms with Gasteiger partial charge in [0.25, 0.3) is 0 Å². The van der Waals surface area contributed by atoms with Gasteiger partial charge in [-0.1, -0.05) is 395 Å². The second-order valence-corrected chi connectivity index (χ2v) is 34.1. The van der Waals surface area contributed by atoms with E-state index in [2.05, 4.69) is 41.5 Å². The zero-order valence-electron chi connectivity index (χ0n) is 67.6. The normalized spacial score (nSPS) is 13.9. The molecule has 0 aromatic heterocycles. The second kappa shape index (κ2) is 75.5. The average molecular weight is 1510 g/mol. The van der Waals surface area contributed by atoms with Crippen LogP contribution in [0.25, 0.3) is 0 Å². The van der Waals surface area contributed by atoms with Crippen LogP contribution in [-0.4, -0.2) is 96.7 Å². The molecule has 0 aromatic carbocycles. The number of aliphatic hydroxyl groups is 1. The molecule has 612 valence electrons. The zero-order chi connectivity index (χ0) is 75.6. The Morgan fingerprint density at radius 2 is 0.447 bits per heavy atom. The molecular weight excluding hydrogens is 1340 g/mol. The minimum atomic E-state index is -4.96. The Balaban J connectivity index is 5.23. The first-order valence-electron chi connectivity index (χ1n) is 43.5. The minimum Gasteiger partial charge on any atom is -0.462 e. The van der Waals surface area contributed by atoms with E-state index in [0.29, 0.717) is 25.7 Å². The molecule has 0 saturated heterocycles. The maximum Gasteiger partial charge on any atom is 0.472 e. The maximum atomic E-state index is 13.1. The van der Waals surface area contributed by atoms with Gasteiger partial charge in [-0.2, -0.15) is 0 Å². The molecule has 0 fully saturated rings. The number of hydrogen-bond donors (Lipinski definition) is 3. The summed E-state index contributed by atoms with van der Waals surface area (Å²) in [6, 6.07) is 0. The fraction of sp³-hybridized carbons (Fsp3) is 0.952. The molecule has 0 heterocycles. The summed E-state index contributed by atoms with van der Waals surface area (Å²) in [7, 11) is -9.92. The van der Waals surface area contributed by atoms with Crippen molar-refractivity contribution in [2.75, 3.05) is 39.6 Å². The van der Waals surface area contributed by atoms with Gasteiger partial charge in [-0.15, -0.1) is 0 Å². The van der Waals surface area contributed by atoms with E-state index in [1.54, 1.807) is 0 Å². The lowest BCUT2D eigenvalue weighted by Gasteiger charge is -2.21. The van der Waals surface area contributed by atoms with Crippen molar-refractivity contribution in [3.05, 3.63) is 0 Å². The van der Waals surface area contributed by atoms with Crippen LogP contribution in [0.15, 0.2) is 0 Å². The molecule has 0 spiro atoms. The van der Waals surface area contributed by atoms with Gasteiger partial charge in [0.2, 0.25) is 0 Å². The monoisotopic (exact) mass is 1510 g/mol. The fourth-order valence-electron chi connectivity index (χ4n) is 13.1. The summed E-state index contributed by atoms with van der Waals surface area (Å²) in [6.07, 6.45) is 66.6. The predicted molar refractivity (Wildman–Crippen MR) is 423 cm³/mol. The molecular formula is C84H164O17P2. The van der Waals surface area contributed by atoms with Crippen molar-refractivity contribution in [3.8, 4) is 0 Å². The SMILES string of the molecule is CCCCCCCCCCCCCCCCCCCCCC(=O)O[C@H](COC(=O)CCCCCCCCCCCCCCCCCC(C)C)COP(=O)(O)OC[C@@H](O)COP(=O)(O)OC[C@@H](COC(=O)CCCCCCCCCCCC)OC(=O)CCCCCCCCCCCCCCCC(C)C. The van der Waals surface area contributed by atoms with Crippen LogP contribution in [0.2, 0.25) is 0 Å². The number of ether oxygens (including phenoxy) is 4. The van der Waals surface area contributed by atoms with E-state index in [0.717, 1.165) is 102 Å². The summed E-state index contributed by atoms with van der Waals surface area (Å²) in [6.45, 7) is 9.70. The molecule has 0 aliphatic rings. The topological polar surface area (TPSA) is 237 Å². The molecule has 0 aliphatic carbocycles. The van der Waals surface area contributed by atoms with Crippen LogP contribution in [-0.2, 0) is 65.4 Å². The molecule has 3 N–H and O–H groups in total. The summed E-state index contributed by atoms with van der Waals surface area (Å²) in [4.78, 5) is 73.1. The first kappa shape index (κ1) is 101. The third-order valence-electron chi connectivity index (χ3n) is 19.7. The van der Waals surface area contributed by atoms with Gasteiger partial charge in [0, 0.05) is 25.7 Å². The molecule has 19 heteroatoms. The molecule has 0 aromatic rings. The van der Waals surface area contributed by atoms with Crippen LogP contribution in [0.1, 0.15) is 446 Å². The second-order valence-electron chi connectivity index (χ2n) is 31.2. The highest BCUT2D eigenvalue weighted by molar-refractivity contribution is 7.47. The minimum absolute atomic E-state index is 0.108. The number of hydrogen-bond acceptors (Lipinski definition) is 15. The maximum absolute atomic E-state index is 13.1. The summed E-state index contributed by atoms with van der Waals surface area (Å²) < 4.78 is 68.8. The Labute approximate surface area is 632 Å². The molecule has 0 bridgehead atoms. The van der Waals surface area contributed by atoms with Crippen LogP contribution in [0.5, 0.6) is 0 Å². The van der Waals surface area contributed by atoms with Crippen LogP contribution in [0.3, 0.4) is 0 Å². The molecule has 0 amide bonds. The third-order valence-corrected chi connectivity index (χ3v) is 21.6. The highest BCUT2D eigenvalue weighted by Gasteiger charge is 2.30. The Hall–Kier alpha value is -1.94. The van der Waals surface area contributed by atoms with Gasteiger partial charge < -0.3 is 33.8 Å². The smallest absolute Gasteiger partial charge is 0.462 e. The van der Waals surface area contributed by atoms with Gasteiger partial charge in [0.15, 0.2) is 12.2 Å². The lowest BCUT2D eigenvalue weighted by atomic mass is 10.0. The Morgan fingerprint density at radius 3 is 0.660 bits per heavy atom. The summed E-state index contributed by atoms with van der Waals surface area (Å²) in [5, 5.41) is 10.7. The van der Waals surface area contributed by atoms with Crippen molar-refractivity contribution in [3.63, 3.8) is 0 Å². The van der Waals surface area contributed by atoms with E-state index >= 15 is 0 Å². The average Bonchev–Trinajstić information content (AvgIpc) is 0.915. The van der Waals surface area contributed by atoms with Crippen molar-refractivity contribution >= 4 is 39.5 Å². The van der Waals surface area contributed by atoms with Gasteiger partial charge >= 0.3 is 39.5 Å². The third kappa shape index (κ3) is 78.0. The van der Waals surface area contributed by atoms with Crippen molar-refractivity contribution in [1.82, 2.24) is 0 Å². The van der Waals surface area contributed by atoms with Crippen LogP contribution in [0.4, 0.5) is 0 Å². The van der Waals surface area contributed by atoms with E-state index in [-0.39, 0.29) is 25.7 Å². The number of phosphoric ester groups is 2. The molecule has 5 atom stereocenters. The predicted octanol–water partition coefficient (Wildman–Crippen LogP) is 25.5. The molecule has 17 nitrogen and oxygen atoms in total. The number of phosphoric acid groups is 2. The van der Waals surface area contributed by atoms with Gasteiger partial charge in [0.05, 0.1) is 26.4 Å². The number of carbonyl (C=O) groups is 4. The van der Waals surface area contributed by atoms with Crippen LogP contribution < -0.4 is 0 Å². The lowest BCUT2D eigenvalue weighted by Crippen LogP contribution is -2.30. The largest absolute Gasteiger partial charge is 0.472 e. The molecule has 2 unspecified atom stereocenters. The number of carbonyl (C=O) groups excluding carboxylic acids is 4. The van der Waals surface area contributed by atoms with E-state index in [1.165, 1.54) is 263 Å². The van der Waals surface area contributed by atoms with Crippen LogP contribution in [0, 0.1) is 11.8 Å². The Morgan fingerprint density at radius 1 is 0.262 bits per heavy atom. The van der Waals surface area contributed by atoms with Crippen molar-refractivity contribution in [2.45, 2.75) is 464 Å². The van der Waals surface area contributed by atoms with Gasteiger partial charge in [-0.3, -0.25) is 37.3 Å².